The number of aromatic nitrogens is 1. The van der Waals surface area contributed by atoms with Gasteiger partial charge in [0.15, 0.2) is 0 Å². The quantitative estimate of drug-likeness (QED) is 0.772. The number of aliphatic carboxylic acids is 1. The van der Waals surface area contributed by atoms with E-state index >= 15 is 0 Å². The van der Waals surface area contributed by atoms with Gasteiger partial charge in [-0.25, -0.2) is 0 Å². The first-order valence-corrected chi connectivity index (χ1v) is 9.30. The predicted octanol–water partition coefficient (Wildman–Crippen LogP) is 4.95. The van der Waals surface area contributed by atoms with Gasteiger partial charge in [0.2, 0.25) is 0 Å². The number of piperidine rings is 1. The van der Waals surface area contributed by atoms with E-state index in [1.54, 1.807) is 24.5 Å². The average Bonchev–Trinajstić information content (AvgIpc) is 2.64. The minimum Gasteiger partial charge on any atom is -0.481 e. The van der Waals surface area contributed by atoms with Gasteiger partial charge in [-0.15, -0.1) is 0 Å². The van der Waals surface area contributed by atoms with E-state index in [9.17, 15) is 23.1 Å². The van der Waals surface area contributed by atoms with Gasteiger partial charge in [-0.05, 0) is 67.7 Å². The molecule has 1 aliphatic rings. The van der Waals surface area contributed by atoms with E-state index in [2.05, 4.69) is 4.98 Å². The molecule has 1 aliphatic heterocycles. The summed E-state index contributed by atoms with van der Waals surface area (Å²) in [6, 6.07) is 5.33. The van der Waals surface area contributed by atoms with Crippen LogP contribution in [0.2, 0.25) is 5.02 Å². The van der Waals surface area contributed by atoms with Crippen LogP contribution in [0.5, 0.6) is 0 Å². The Labute approximate surface area is 166 Å². The second-order valence-electron chi connectivity index (χ2n) is 7.02. The molecule has 0 bridgehead atoms. The Kier molecular flexibility index (Phi) is 5.95. The Hall–Kier alpha value is -2.12. The molecule has 8 heteroatoms. The van der Waals surface area contributed by atoms with Gasteiger partial charge >= 0.3 is 12.1 Å². The maximum Gasteiger partial charge on any atom is 0.417 e. The van der Waals surface area contributed by atoms with E-state index in [4.69, 9.17) is 11.6 Å². The van der Waals surface area contributed by atoms with Gasteiger partial charge in [-0.1, -0.05) is 17.7 Å². The van der Waals surface area contributed by atoms with Gasteiger partial charge in [0, 0.05) is 12.4 Å². The lowest BCUT2D eigenvalue weighted by molar-refractivity contribution is -0.143. The van der Waals surface area contributed by atoms with Crippen molar-refractivity contribution in [2.45, 2.75) is 32.0 Å². The first-order chi connectivity index (χ1) is 13.2. The van der Waals surface area contributed by atoms with Crippen molar-refractivity contribution in [1.29, 1.82) is 0 Å². The first-order valence-electron chi connectivity index (χ1n) is 8.92. The lowest BCUT2D eigenvalue weighted by Gasteiger charge is -2.37. The second kappa shape index (κ2) is 8.09. The number of benzene rings is 1. The van der Waals surface area contributed by atoms with Crippen molar-refractivity contribution >= 4 is 17.6 Å². The summed E-state index contributed by atoms with van der Waals surface area (Å²) in [6.07, 6.45) is -0.362. The van der Waals surface area contributed by atoms with Crippen LogP contribution in [0.3, 0.4) is 0 Å². The van der Waals surface area contributed by atoms with E-state index in [1.165, 1.54) is 6.07 Å². The first kappa shape index (κ1) is 20.6. The normalized spacial score (nSPS) is 17.5. The number of carboxylic acids is 1. The van der Waals surface area contributed by atoms with E-state index in [0.29, 0.717) is 31.5 Å². The lowest BCUT2D eigenvalue weighted by Crippen LogP contribution is -2.39. The van der Waals surface area contributed by atoms with Crippen LogP contribution in [0.1, 0.15) is 41.1 Å². The molecule has 0 saturated carbocycles. The number of likely N-dealkylation sites (tertiary alicyclic amines) is 1. The molecule has 0 radical (unpaired) electrons. The number of hydrogen-bond acceptors (Lipinski definition) is 3. The summed E-state index contributed by atoms with van der Waals surface area (Å²) >= 11 is 5.79. The molecule has 1 unspecified atom stereocenters. The fraction of sp³-hybridized carbons (Fsp3) is 0.400. The molecule has 0 spiro atoms. The van der Waals surface area contributed by atoms with Crippen molar-refractivity contribution < 1.29 is 23.1 Å². The molecule has 2 heterocycles. The number of carboxylic acid groups (broad SMARTS) is 1. The maximum atomic E-state index is 13.4. The van der Waals surface area contributed by atoms with Crippen LogP contribution in [-0.4, -0.2) is 34.0 Å². The van der Waals surface area contributed by atoms with Gasteiger partial charge in [0.25, 0.3) is 0 Å². The van der Waals surface area contributed by atoms with E-state index in [0.717, 1.165) is 17.2 Å². The van der Waals surface area contributed by atoms with Crippen LogP contribution < -0.4 is 0 Å². The van der Waals surface area contributed by atoms with Gasteiger partial charge < -0.3 is 5.11 Å². The summed E-state index contributed by atoms with van der Waals surface area (Å²) in [6.45, 7) is 2.82. The predicted molar refractivity (Wildman–Crippen MR) is 99.2 cm³/mol. The molecule has 0 aliphatic carbocycles. The third kappa shape index (κ3) is 4.31. The topological polar surface area (TPSA) is 53.4 Å². The third-order valence-electron chi connectivity index (χ3n) is 5.21. The fourth-order valence-electron chi connectivity index (χ4n) is 3.71. The molecule has 150 valence electrons. The SMILES string of the molecule is Cc1cnccc1C(c1ccc(Cl)c(C(F)(F)F)c1)N1CCC(C(=O)O)CC1. The molecule has 1 atom stereocenters. The average molecular weight is 413 g/mol. The van der Waals surface area contributed by atoms with Gasteiger partial charge in [0.05, 0.1) is 22.5 Å². The number of carbonyl (C=O) groups is 1. The van der Waals surface area contributed by atoms with E-state index in [-0.39, 0.29) is 5.02 Å². The summed E-state index contributed by atoms with van der Waals surface area (Å²) < 4.78 is 40.1. The molecule has 0 amide bonds. The Morgan fingerprint density at radius 1 is 1.29 bits per heavy atom. The minimum absolute atomic E-state index is 0.342. The smallest absolute Gasteiger partial charge is 0.417 e. The summed E-state index contributed by atoms with van der Waals surface area (Å²) in [5.41, 5.74) is 1.30. The maximum absolute atomic E-state index is 13.4. The molecule has 1 aromatic carbocycles. The zero-order valence-electron chi connectivity index (χ0n) is 15.2. The molecule has 1 N–H and O–H groups in total. The molecule has 2 aromatic rings. The van der Waals surface area contributed by atoms with Crippen LogP contribution in [0.4, 0.5) is 13.2 Å². The monoisotopic (exact) mass is 412 g/mol. The van der Waals surface area contributed by atoms with Crippen molar-refractivity contribution in [3.8, 4) is 0 Å². The lowest BCUT2D eigenvalue weighted by atomic mass is 9.89. The molecule has 4 nitrogen and oxygen atoms in total. The minimum atomic E-state index is -4.55. The summed E-state index contributed by atoms with van der Waals surface area (Å²) in [7, 11) is 0. The highest BCUT2D eigenvalue weighted by atomic mass is 35.5. The number of rotatable bonds is 4. The van der Waals surface area contributed by atoms with Crippen LogP contribution in [0.15, 0.2) is 36.7 Å². The highest BCUT2D eigenvalue weighted by Gasteiger charge is 2.36. The number of halogens is 4. The van der Waals surface area contributed by atoms with Gasteiger partial charge in [-0.3, -0.25) is 14.7 Å². The van der Waals surface area contributed by atoms with Crippen LogP contribution in [0.25, 0.3) is 0 Å². The summed E-state index contributed by atoms with van der Waals surface area (Å²) in [4.78, 5) is 17.4. The number of alkyl halides is 3. The highest BCUT2D eigenvalue weighted by molar-refractivity contribution is 6.31. The largest absolute Gasteiger partial charge is 0.481 e. The number of pyridine rings is 1. The zero-order valence-corrected chi connectivity index (χ0v) is 16.0. The molecule has 1 aromatic heterocycles. The molecular weight excluding hydrogens is 393 g/mol. The Balaban J connectivity index is 2.04. The van der Waals surface area contributed by atoms with E-state index < -0.39 is 29.7 Å². The Morgan fingerprint density at radius 3 is 2.54 bits per heavy atom. The standard InChI is InChI=1S/C20H20ClF3N2O2/c1-12-11-25-7-4-15(12)18(26-8-5-13(6-9-26)19(27)28)14-2-3-17(21)16(10-14)20(22,23)24/h2-4,7,10-11,13,18H,5-6,8-9H2,1H3,(H,27,28). The second-order valence-corrected chi connectivity index (χ2v) is 7.43. The molecular formula is C20H20ClF3N2O2. The van der Waals surface area contributed by atoms with Crippen molar-refractivity contribution in [3.63, 3.8) is 0 Å². The summed E-state index contributed by atoms with van der Waals surface area (Å²) in [5.74, 6) is -1.26. The van der Waals surface area contributed by atoms with Gasteiger partial charge in [0.1, 0.15) is 0 Å². The zero-order chi connectivity index (χ0) is 20.5. The number of hydrogen-bond donors (Lipinski definition) is 1. The van der Waals surface area contributed by atoms with Crippen molar-refractivity contribution in [2.75, 3.05) is 13.1 Å². The number of aryl methyl sites for hydroxylation is 1. The summed E-state index contributed by atoms with van der Waals surface area (Å²) in [5, 5.41) is 8.89. The van der Waals surface area contributed by atoms with E-state index in [1.807, 2.05) is 11.8 Å². The van der Waals surface area contributed by atoms with Crippen molar-refractivity contribution in [1.82, 2.24) is 9.88 Å². The Morgan fingerprint density at radius 2 is 1.96 bits per heavy atom. The number of nitrogens with zero attached hydrogens (tertiary/aromatic N) is 2. The van der Waals surface area contributed by atoms with Gasteiger partial charge in [-0.2, -0.15) is 13.2 Å². The van der Waals surface area contributed by atoms with Crippen molar-refractivity contribution in [2.24, 2.45) is 5.92 Å². The Bertz CT molecular complexity index is 865. The molecule has 28 heavy (non-hydrogen) atoms. The highest BCUT2D eigenvalue weighted by Crippen LogP contribution is 2.39. The van der Waals surface area contributed by atoms with Crippen LogP contribution in [-0.2, 0) is 11.0 Å². The molecule has 1 fully saturated rings. The van der Waals surface area contributed by atoms with Crippen LogP contribution >= 0.6 is 11.6 Å². The third-order valence-corrected chi connectivity index (χ3v) is 5.54. The van der Waals surface area contributed by atoms with Crippen molar-refractivity contribution in [3.05, 3.63) is 63.9 Å². The fourth-order valence-corrected chi connectivity index (χ4v) is 3.94. The molecule has 3 rings (SSSR count). The van der Waals surface area contributed by atoms with Crippen LogP contribution in [0, 0.1) is 12.8 Å². The molecule has 1 saturated heterocycles.